The van der Waals surface area contributed by atoms with E-state index in [9.17, 15) is 0 Å². The second-order valence-corrected chi connectivity index (χ2v) is 27.3. The third-order valence-corrected chi connectivity index (χ3v) is 9.93. The van der Waals surface area contributed by atoms with Crippen molar-refractivity contribution in [3.05, 3.63) is 30.3 Å². The summed E-state index contributed by atoms with van der Waals surface area (Å²) in [5.74, 6) is 0. The molecule has 1 heterocycles. The van der Waals surface area contributed by atoms with E-state index in [0.717, 1.165) is 10.0 Å². The monoisotopic (exact) mass is 481 g/mol. The van der Waals surface area contributed by atoms with E-state index >= 15 is 0 Å². The van der Waals surface area contributed by atoms with Gasteiger partial charge in [0.25, 0.3) is 0 Å². The first-order valence-electron chi connectivity index (χ1n) is 6.55. The molecular formula is C11H17AlCl4N3PS2Si. The summed E-state index contributed by atoms with van der Waals surface area (Å²) in [5.41, 5.74) is 1.14. The van der Waals surface area contributed by atoms with Crippen molar-refractivity contribution in [2.75, 3.05) is 6.26 Å². The van der Waals surface area contributed by atoms with Gasteiger partial charge in [-0.25, -0.2) is 0 Å². The molecule has 3 nitrogen and oxygen atoms in total. The van der Waals surface area contributed by atoms with Crippen molar-refractivity contribution >= 4 is 87.2 Å². The number of nitrogens with zero attached hydrogens (tertiary/aromatic N) is 3. The molecule has 0 fully saturated rings. The molecule has 0 radical (unpaired) electrons. The summed E-state index contributed by atoms with van der Waals surface area (Å²) in [7, 11) is 17.4. The third-order valence-electron chi connectivity index (χ3n) is 2.05. The summed E-state index contributed by atoms with van der Waals surface area (Å²) in [6.45, 7) is 6.22. The summed E-state index contributed by atoms with van der Waals surface area (Å²) < 4.78 is 8.25. The Labute approximate surface area is 166 Å². The predicted octanol–water partition coefficient (Wildman–Crippen LogP) is 7.45. The highest BCUT2D eigenvalue weighted by molar-refractivity contribution is 8.03. The Hall–Kier alpha value is 1.27. The Balaban J connectivity index is 0.000000463. The molecule has 0 saturated carbocycles. The summed E-state index contributed by atoms with van der Waals surface area (Å²) in [5, 5.41) is 4.68. The molecule has 0 N–H and O–H groups in total. The van der Waals surface area contributed by atoms with Gasteiger partial charge in [0.05, 0.1) is 0 Å². The van der Waals surface area contributed by atoms with E-state index in [0.29, 0.717) is 0 Å². The number of benzene rings is 1. The molecule has 23 heavy (non-hydrogen) atoms. The van der Waals surface area contributed by atoms with E-state index < -0.39 is 24.3 Å². The van der Waals surface area contributed by atoms with Crippen LogP contribution in [0.3, 0.4) is 0 Å². The average molecular weight is 483 g/mol. The smallest absolute Gasteiger partial charge is 0.391 e. The lowest BCUT2D eigenvalue weighted by molar-refractivity contribution is 0.900. The number of rotatable bonds is 3. The number of thioether (sulfide) groups is 1. The topological polar surface area (TPSA) is 30.2 Å². The van der Waals surface area contributed by atoms with Gasteiger partial charge in [0.2, 0.25) is 12.6 Å². The van der Waals surface area contributed by atoms with Gasteiger partial charge in [-0.1, -0.05) is 30.0 Å². The maximum atomic E-state index is 5.03. The predicted molar refractivity (Wildman–Crippen MR) is 115 cm³/mol. The second kappa shape index (κ2) is 9.83. The largest absolute Gasteiger partial charge is 0.564 e. The van der Waals surface area contributed by atoms with Gasteiger partial charge < -0.3 is 40.2 Å². The minimum Gasteiger partial charge on any atom is -0.391 e. The van der Waals surface area contributed by atoms with Crippen LogP contribution in [-0.2, 0) is 0 Å². The van der Waals surface area contributed by atoms with Crippen LogP contribution in [0.5, 0.6) is 0 Å². The molecule has 1 aromatic heterocycles. The molecule has 0 bridgehead atoms. The maximum absolute atomic E-state index is 5.03. The third kappa shape index (κ3) is 10.1. The first-order valence-corrected chi connectivity index (χ1v) is 20.9. The van der Waals surface area contributed by atoms with Crippen LogP contribution in [0, 0.1) is 0 Å². The fraction of sp³-hybridized carbons (Fsp3) is 0.364. The van der Waals surface area contributed by atoms with Crippen LogP contribution in [0.25, 0.3) is 5.69 Å². The van der Waals surface area contributed by atoms with Gasteiger partial charge in [-0.2, -0.15) is 0 Å². The normalized spacial score (nSPS) is 12.8. The van der Waals surface area contributed by atoms with Crippen LogP contribution < -0.4 is 0 Å². The van der Waals surface area contributed by atoms with Crippen LogP contribution in [0.15, 0.2) is 39.1 Å². The Kier molecular flexibility index (Phi) is 9.53. The van der Waals surface area contributed by atoms with Crippen molar-refractivity contribution in [2.45, 2.75) is 24.0 Å². The zero-order valence-corrected chi connectivity index (χ0v) is 20.8. The number of hydrogen-bond acceptors (Lipinski definition) is 4. The zero-order chi connectivity index (χ0) is 17.7. The lowest BCUT2D eigenvalue weighted by atomic mass is 10.3. The van der Waals surface area contributed by atoms with E-state index in [2.05, 4.69) is 59.7 Å². The molecule has 0 saturated heterocycles. The first kappa shape index (κ1) is 22.3. The van der Waals surface area contributed by atoms with Crippen molar-refractivity contribution in [2.24, 2.45) is 4.41 Å². The fourth-order valence-corrected chi connectivity index (χ4v) is 10.3. The highest BCUT2D eigenvalue weighted by Crippen LogP contribution is 2.36. The Bertz CT molecular complexity index is 679. The summed E-state index contributed by atoms with van der Waals surface area (Å²) in [6.07, 6.45) is 2.07. The minimum atomic E-state index is -2.94. The molecule has 0 aliphatic rings. The van der Waals surface area contributed by atoms with Crippen LogP contribution in [0.1, 0.15) is 0 Å². The molecule has 0 spiro atoms. The standard InChI is InChI=1S/C11H17N3PS2Si.Al.4ClH/c1-16-11-12-14(10-8-6-5-7-9-10)15(17-11)13-18(2,3)4;;;;;/h5-9H,1-4H3;;4*1H/q+1;+3;;;;/p-4. The summed E-state index contributed by atoms with van der Waals surface area (Å²) in [6, 6.07) is 10.3. The molecule has 1 atom stereocenters. The van der Waals surface area contributed by atoms with Crippen molar-refractivity contribution in [1.29, 1.82) is 0 Å². The molecule has 1 unspecified atom stereocenters. The quantitative estimate of drug-likeness (QED) is 0.335. The highest BCUT2D eigenvalue weighted by Gasteiger charge is 2.23. The van der Waals surface area contributed by atoms with Crippen LogP contribution in [0.2, 0.25) is 19.6 Å². The second-order valence-electron chi connectivity index (χ2n) is 5.30. The van der Waals surface area contributed by atoms with Gasteiger partial charge in [0.1, 0.15) is 16.6 Å². The van der Waals surface area contributed by atoms with Crippen LogP contribution >= 0.6 is 69.6 Å². The van der Waals surface area contributed by atoms with Crippen LogP contribution in [-0.4, -0.2) is 33.4 Å². The molecule has 12 heteroatoms. The molecule has 0 aliphatic carbocycles. The number of aromatic nitrogens is 2. The van der Waals surface area contributed by atoms with Gasteiger partial charge in [-0.15, -0.1) is 9.51 Å². The Morgan fingerprint density at radius 3 is 2.13 bits per heavy atom. The lowest BCUT2D eigenvalue weighted by Crippen LogP contribution is -2.14. The van der Waals surface area contributed by atoms with Gasteiger partial charge in [0, 0.05) is 0 Å². The molecule has 1 aromatic carbocycles. The van der Waals surface area contributed by atoms with Crippen molar-refractivity contribution in [1.82, 2.24) is 9.54 Å². The van der Waals surface area contributed by atoms with E-state index in [-0.39, 0.29) is 0 Å². The van der Waals surface area contributed by atoms with E-state index in [1.54, 1.807) is 11.8 Å². The fourth-order valence-electron chi connectivity index (χ4n) is 1.36. The van der Waals surface area contributed by atoms with Crippen molar-refractivity contribution in [3.63, 3.8) is 0 Å². The van der Waals surface area contributed by atoms with Crippen LogP contribution in [0.4, 0.5) is 0 Å². The summed E-state index contributed by atoms with van der Waals surface area (Å²) >= 11 is 1.70. The lowest BCUT2D eigenvalue weighted by Gasteiger charge is -1.99. The zero-order valence-electron chi connectivity index (χ0n) is 13.1. The minimum absolute atomic E-state index is 0.606. The van der Waals surface area contributed by atoms with Crippen molar-refractivity contribution in [3.8, 4) is 5.69 Å². The van der Waals surface area contributed by atoms with E-state index in [4.69, 9.17) is 44.6 Å². The van der Waals surface area contributed by atoms with Gasteiger partial charge in [-0.3, -0.25) is 0 Å². The SMILES string of the molecule is CSc1nn(-c2ccccc2)/[p+](=N/[Si](C)(C)C)s1.[Cl][Al-]([Cl])([Cl])[Cl]. The molecule has 0 aliphatic heterocycles. The van der Waals surface area contributed by atoms with Gasteiger partial charge >= 0.3 is 16.1 Å². The number of hydrogen-bond donors (Lipinski definition) is 0. The molecular weight excluding hydrogens is 466 g/mol. The Morgan fingerprint density at radius 1 is 1.17 bits per heavy atom. The average Bonchev–Trinajstić information content (AvgIpc) is 2.78. The first-order chi connectivity index (χ1) is 10.5. The Morgan fingerprint density at radius 2 is 1.70 bits per heavy atom. The van der Waals surface area contributed by atoms with E-state index in [1.807, 2.05) is 17.0 Å². The summed E-state index contributed by atoms with van der Waals surface area (Å²) in [4.78, 5) is 0. The number of para-hydroxylation sites is 1. The molecule has 2 aromatic rings. The molecule has 0 amide bonds. The number of halogens is 4. The van der Waals surface area contributed by atoms with Gasteiger partial charge in [0.15, 0.2) is 0 Å². The van der Waals surface area contributed by atoms with E-state index in [1.165, 1.54) is 0 Å². The highest BCUT2D eigenvalue weighted by atomic mass is 35.9. The molecule has 128 valence electrons. The van der Waals surface area contributed by atoms with Crippen molar-refractivity contribution < 1.29 is 0 Å². The van der Waals surface area contributed by atoms with Gasteiger partial charge in [-0.05, 0) is 42.5 Å². The maximum Gasteiger partial charge on any atom is 0.564 e. The molecule has 2 rings (SSSR count).